The number of nitrogens with two attached hydrogens (primary N) is 1. The third-order valence-corrected chi connectivity index (χ3v) is 1.98. The second-order valence-corrected chi connectivity index (χ2v) is 3.78. The van der Waals surface area contributed by atoms with E-state index in [2.05, 4.69) is 24.9 Å². The molecule has 0 aromatic carbocycles. The fourth-order valence-electron chi connectivity index (χ4n) is 1.10. The van der Waals surface area contributed by atoms with Gasteiger partial charge in [-0.1, -0.05) is 0 Å². The van der Waals surface area contributed by atoms with E-state index in [1.165, 1.54) is 0 Å². The highest BCUT2D eigenvalue weighted by Crippen LogP contribution is 1.94. The van der Waals surface area contributed by atoms with Gasteiger partial charge in [0.25, 0.3) is 0 Å². The minimum absolute atomic E-state index is 0.543. The number of quaternary nitrogens is 2. The monoisotopic (exact) mass is 189 g/mol. The maximum atomic E-state index is 10.3. The van der Waals surface area contributed by atoms with Crippen LogP contribution in [0.4, 0.5) is 0 Å². The summed E-state index contributed by atoms with van der Waals surface area (Å²) >= 11 is 0. The van der Waals surface area contributed by atoms with Gasteiger partial charge in [0.1, 0.15) is 6.04 Å². The summed E-state index contributed by atoms with van der Waals surface area (Å²) in [7, 11) is 0. The average molecular weight is 189 g/mol. The summed E-state index contributed by atoms with van der Waals surface area (Å²) in [6.45, 7) is 5.36. The van der Waals surface area contributed by atoms with Gasteiger partial charge in [-0.25, -0.2) is 0 Å². The van der Waals surface area contributed by atoms with Crippen LogP contribution in [0.1, 0.15) is 33.1 Å². The lowest BCUT2D eigenvalue weighted by molar-refractivity contribution is -0.683. The molecule has 0 rings (SSSR count). The third kappa shape index (κ3) is 7.74. The molecule has 0 bridgehead atoms. The summed E-state index contributed by atoms with van der Waals surface area (Å²) < 4.78 is 0. The quantitative estimate of drug-likeness (QED) is 0.433. The molecule has 0 fully saturated rings. The summed E-state index contributed by atoms with van der Waals surface area (Å²) in [6, 6.07) is 0.0794. The standard InChI is InChI=1S/C9H20N2O2/c1-7(2)11-6-4-3-5-8(10)9(12)13/h7-8,11H,3-6,10H2,1-2H3,(H,12,13)/p+1/t8-/m0/s1. The molecule has 0 saturated carbocycles. The molecule has 0 heterocycles. The Hall–Kier alpha value is -0.610. The van der Waals surface area contributed by atoms with Crippen molar-refractivity contribution in [2.45, 2.75) is 45.2 Å². The Morgan fingerprint density at radius 3 is 2.54 bits per heavy atom. The van der Waals surface area contributed by atoms with E-state index in [-0.39, 0.29) is 0 Å². The number of hydrogen-bond acceptors (Lipinski definition) is 2. The molecule has 1 atom stereocenters. The van der Waals surface area contributed by atoms with E-state index in [0.29, 0.717) is 12.5 Å². The molecular weight excluding hydrogens is 168 g/mol. The van der Waals surface area contributed by atoms with Crippen molar-refractivity contribution in [2.75, 3.05) is 6.54 Å². The van der Waals surface area contributed by atoms with Crippen LogP contribution in [0, 0.1) is 0 Å². The van der Waals surface area contributed by atoms with Gasteiger partial charge >= 0.3 is 0 Å². The Bertz CT molecular complexity index is 149. The number of carbonyl (C=O) groups is 1. The van der Waals surface area contributed by atoms with Gasteiger partial charge in [0, 0.05) is 6.42 Å². The number of aliphatic carboxylic acids is 1. The zero-order valence-corrected chi connectivity index (χ0v) is 8.58. The fraction of sp³-hybridized carbons (Fsp3) is 0.889. The average Bonchev–Trinajstić information content (AvgIpc) is 2.02. The Balaban J connectivity index is 3.21. The molecule has 4 heteroatoms. The van der Waals surface area contributed by atoms with Crippen molar-refractivity contribution in [3.8, 4) is 0 Å². The molecule has 0 aromatic rings. The molecule has 0 aliphatic rings. The predicted octanol–water partition coefficient (Wildman–Crippen LogP) is -2.51. The molecule has 0 aliphatic heterocycles. The van der Waals surface area contributed by atoms with Crippen molar-refractivity contribution in [1.82, 2.24) is 0 Å². The van der Waals surface area contributed by atoms with Crippen molar-refractivity contribution in [1.29, 1.82) is 0 Å². The third-order valence-electron chi connectivity index (χ3n) is 1.98. The van der Waals surface area contributed by atoms with E-state index in [0.717, 1.165) is 19.4 Å². The first-order valence-corrected chi connectivity index (χ1v) is 4.91. The lowest BCUT2D eigenvalue weighted by Crippen LogP contribution is -2.88. The Morgan fingerprint density at radius 1 is 1.46 bits per heavy atom. The first-order valence-electron chi connectivity index (χ1n) is 4.91. The van der Waals surface area contributed by atoms with Crippen LogP contribution in [0.5, 0.6) is 0 Å². The summed E-state index contributed by atoms with van der Waals surface area (Å²) in [6.07, 6.45) is 2.61. The number of carboxylic acid groups (broad SMARTS) is 1. The molecule has 13 heavy (non-hydrogen) atoms. The minimum Gasteiger partial charge on any atom is -0.544 e. The first-order chi connectivity index (χ1) is 6.04. The molecule has 5 N–H and O–H groups in total. The van der Waals surface area contributed by atoms with Crippen molar-refractivity contribution in [3.63, 3.8) is 0 Å². The largest absolute Gasteiger partial charge is 0.544 e. The minimum atomic E-state index is -1.03. The van der Waals surface area contributed by atoms with Crippen LogP contribution >= 0.6 is 0 Å². The molecule has 0 aromatic heterocycles. The van der Waals surface area contributed by atoms with E-state index >= 15 is 0 Å². The lowest BCUT2D eigenvalue weighted by atomic mass is 10.1. The van der Waals surface area contributed by atoms with Crippen molar-refractivity contribution >= 4 is 5.97 Å². The Labute approximate surface area is 79.5 Å². The Morgan fingerprint density at radius 2 is 2.08 bits per heavy atom. The van der Waals surface area contributed by atoms with Crippen LogP contribution in [-0.4, -0.2) is 24.6 Å². The summed E-state index contributed by atoms with van der Waals surface area (Å²) in [5.74, 6) is -1.03. The van der Waals surface area contributed by atoms with E-state index in [9.17, 15) is 9.90 Å². The van der Waals surface area contributed by atoms with E-state index in [4.69, 9.17) is 0 Å². The molecule has 0 radical (unpaired) electrons. The van der Waals surface area contributed by atoms with Crippen LogP contribution in [0.3, 0.4) is 0 Å². The van der Waals surface area contributed by atoms with Gasteiger partial charge in [-0.15, -0.1) is 0 Å². The number of carbonyl (C=O) groups excluding carboxylic acids is 1. The summed E-state index contributed by atoms with van der Waals surface area (Å²) in [4.78, 5) is 10.3. The van der Waals surface area contributed by atoms with E-state index < -0.39 is 12.0 Å². The fourth-order valence-corrected chi connectivity index (χ4v) is 1.10. The van der Waals surface area contributed by atoms with E-state index in [1.807, 2.05) is 0 Å². The van der Waals surface area contributed by atoms with Gasteiger partial charge in [0.2, 0.25) is 0 Å². The predicted molar refractivity (Wildman–Crippen MR) is 47.5 cm³/mol. The maximum Gasteiger partial charge on any atom is 0.124 e. The summed E-state index contributed by atoms with van der Waals surface area (Å²) in [5.41, 5.74) is 3.50. The van der Waals surface area contributed by atoms with Crippen molar-refractivity contribution in [2.24, 2.45) is 0 Å². The molecule has 4 nitrogen and oxygen atoms in total. The van der Waals surface area contributed by atoms with Crippen LogP contribution < -0.4 is 16.2 Å². The zero-order chi connectivity index (χ0) is 10.3. The normalized spacial score (nSPS) is 13.2. The van der Waals surface area contributed by atoms with Crippen molar-refractivity contribution < 1.29 is 21.0 Å². The highest BCUT2D eigenvalue weighted by atomic mass is 16.4. The Kier molecular flexibility index (Phi) is 6.54. The van der Waals surface area contributed by atoms with E-state index in [1.54, 1.807) is 0 Å². The molecule has 0 saturated heterocycles. The lowest BCUT2D eigenvalue weighted by Gasteiger charge is -2.08. The number of hydrogen-bond donors (Lipinski definition) is 2. The van der Waals surface area contributed by atoms with Gasteiger partial charge in [0.05, 0.1) is 18.6 Å². The molecule has 78 valence electrons. The molecule has 0 spiro atoms. The van der Waals surface area contributed by atoms with Crippen LogP contribution in [-0.2, 0) is 4.79 Å². The maximum absolute atomic E-state index is 10.3. The smallest absolute Gasteiger partial charge is 0.124 e. The first kappa shape index (κ1) is 12.4. The number of rotatable bonds is 7. The number of unbranched alkanes of at least 4 members (excludes halogenated alkanes) is 1. The van der Waals surface area contributed by atoms with Gasteiger partial charge in [-0.2, -0.15) is 0 Å². The molecular formula is C9H21N2O2+. The highest BCUT2D eigenvalue weighted by molar-refractivity contribution is 5.68. The topological polar surface area (TPSA) is 84.4 Å². The van der Waals surface area contributed by atoms with Crippen LogP contribution in [0.2, 0.25) is 0 Å². The van der Waals surface area contributed by atoms with Gasteiger partial charge in [-0.3, -0.25) is 0 Å². The number of carboxylic acids is 1. The van der Waals surface area contributed by atoms with Crippen molar-refractivity contribution in [3.05, 3.63) is 0 Å². The second kappa shape index (κ2) is 6.86. The molecule has 0 amide bonds. The zero-order valence-electron chi connectivity index (χ0n) is 8.58. The second-order valence-electron chi connectivity index (χ2n) is 3.78. The van der Waals surface area contributed by atoms with Gasteiger partial charge in [-0.05, 0) is 26.7 Å². The van der Waals surface area contributed by atoms with Crippen LogP contribution in [0.15, 0.2) is 0 Å². The molecule has 0 aliphatic carbocycles. The van der Waals surface area contributed by atoms with Gasteiger partial charge < -0.3 is 21.0 Å². The highest BCUT2D eigenvalue weighted by Gasteiger charge is 2.06. The van der Waals surface area contributed by atoms with Crippen LogP contribution in [0.25, 0.3) is 0 Å². The SMILES string of the molecule is CC(C)[NH2+]CCCC[C@H]([NH3+])C(=O)[O-]. The summed E-state index contributed by atoms with van der Waals surface area (Å²) in [5, 5.41) is 12.5. The van der Waals surface area contributed by atoms with Gasteiger partial charge in [0.15, 0.2) is 0 Å². The molecule has 0 unspecified atom stereocenters.